The summed E-state index contributed by atoms with van der Waals surface area (Å²) >= 11 is 0. The smallest absolute Gasteiger partial charge is 0.324 e. The first-order valence-electron chi connectivity index (χ1n) is 6.90. The van der Waals surface area contributed by atoms with Gasteiger partial charge in [0.2, 0.25) is 0 Å². The molecule has 0 aliphatic carbocycles. The van der Waals surface area contributed by atoms with Gasteiger partial charge in [-0.1, -0.05) is 25.9 Å². The summed E-state index contributed by atoms with van der Waals surface area (Å²) in [5, 5.41) is 9.23. The van der Waals surface area contributed by atoms with Crippen molar-refractivity contribution in [3.05, 3.63) is 36.4 Å². The van der Waals surface area contributed by atoms with E-state index in [-0.39, 0.29) is 11.4 Å². The number of hydrogen-bond donors (Lipinski definition) is 3. The fourth-order valence-electron chi connectivity index (χ4n) is 1.98. The van der Waals surface area contributed by atoms with Crippen molar-refractivity contribution in [2.45, 2.75) is 26.2 Å². The Kier molecular flexibility index (Phi) is 3.32. The van der Waals surface area contributed by atoms with Crippen LogP contribution in [0.5, 0.6) is 0 Å². The summed E-state index contributed by atoms with van der Waals surface area (Å²) in [6, 6.07) is 6.76. The number of carbonyl (C=O) groups excluding carboxylic acids is 1. The third-order valence-corrected chi connectivity index (χ3v) is 3.17. The van der Waals surface area contributed by atoms with Crippen molar-refractivity contribution in [3.8, 4) is 0 Å². The minimum Gasteiger partial charge on any atom is -0.359 e. The van der Waals surface area contributed by atoms with Crippen LogP contribution in [-0.4, -0.2) is 21.2 Å². The highest BCUT2D eigenvalue weighted by atomic mass is 16.5. The number of nitrogens with zero attached hydrogens (tertiary/aromatic N) is 2. The Balaban J connectivity index is 1.68. The van der Waals surface area contributed by atoms with Crippen LogP contribution in [0.1, 0.15) is 26.5 Å². The molecular formula is C15H17N5O2. The Labute approximate surface area is 127 Å². The highest BCUT2D eigenvalue weighted by molar-refractivity contribution is 6.00. The number of H-pyrrole nitrogens is 1. The molecule has 0 unspecified atom stereocenters. The van der Waals surface area contributed by atoms with Crippen LogP contribution in [0.2, 0.25) is 0 Å². The van der Waals surface area contributed by atoms with Crippen molar-refractivity contribution >= 4 is 28.6 Å². The van der Waals surface area contributed by atoms with E-state index in [0.717, 1.165) is 11.0 Å². The zero-order valence-corrected chi connectivity index (χ0v) is 12.6. The number of carbonyl (C=O) groups is 1. The summed E-state index contributed by atoms with van der Waals surface area (Å²) in [5.41, 5.74) is 2.20. The van der Waals surface area contributed by atoms with Crippen LogP contribution in [0.25, 0.3) is 11.0 Å². The van der Waals surface area contributed by atoms with Crippen molar-refractivity contribution in [3.63, 3.8) is 0 Å². The highest BCUT2D eigenvalue weighted by Crippen LogP contribution is 2.24. The van der Waals surface area contributed by atoms with Gasteiger partial charge in [0, 0.05) is 17.2 Å². The molecule has 114 valence electrons. The van der Waals surface area contributed by atoms with E-state index in [9.17, 15) is 4.79 Å². The average molecular weight is 299 g/mol. The predicted octanol–water partition coefficient (Wildman–Crippen LogP) is 3.49. The number of benzene rings is 1. The number of rotatable bonds is 2. The molecule has 22 heavy (non-hydrogen) atoms. The van der Waals surface area contributed by atoms with Gasteiger partial charge in [-0.25, -0.2) is 9.78 Å². The number of anilines is 2. The quantitative estimate of drug-likeness (QED) is 0.675. The lowest BCUT2D eigenvalue weighted by molar-refractivity contribution is 0.262. The molecule has 0 fully saturated rings. The first kappa shape index (κ1) is 14.1. The summed E-state index contributed by atoms with van der Waals surface area (Å²) in [7, 11) is 0. The standard InChI is InChI=1S/C15H17N5O2/c1-15(2,3)12-7-13(20-22-12)19-14(21)18-9-4-5-10-11(6-9)17-8-16-10/h4-8H,1-3H3,(H,16,17)(H2,18,19,20,21). The van der Waals surface area contributed by atoms with Gasteiger partial charge in [0.05, 0.1) is 17.4 Å². The Morgan fingerprint density at radius 2 is 2.05 bits per heavy atom. The number of fused-ring (bicyclic) bond motifs is 1. The SMILES string of the molecule is CC(C)(C)c1cc(NC(=O)Nc2ccc3nc[nH]c3c2)no1. The zero-order chi connectivity index (χ0) is 15.7. The average Bonchev–Trinajstić information content (AvgIpc) is 3.05. The fraction of sp³-hybridized carbons (Fsp3) is 0.267. The second kappa shape index (κ2) is 5.18. The summed E-state index contributed by atoms with van der Waals surface area (Å²) in [6.45, 7) is 6.03. The molecule has 3 N–H and O–H groups in total. The van der Waals surface area contributed by atoms with Crippen molar-refractivity contribution in [2.75, 3.05) is 10.6 Å². The van der Waals surface area contributed by atoms with Crippen molar-refractivity contribution in [1.29, 1.82) is 0 Å². The van der Waals surface area contributed by atoms with Gasteiger partial charge in [0.15, 0.2) is 5.82 Å². The van der Waals surface area contributed by atoms with Crippen LogP contribution in [0.4, 0.5) is 16.3 Å². The van der Waals surface area contributed by atoms with Gasteiger partial charge in [-0.2, -0.15) is 0 Å². The maximum atomic E-state index is 12.0. The topological polar surface area (TPSA) is 95.8 Å². The van der Waals surface area contributed by atoms with E-state index in [1.54, 1.807) is 18.5 Å². The van der Waals surface area contributed by atoms with Crippen LogP contribution < -0.4 is 10.6 Å². The molecular weight excluding hydrogens is 282 g/mol. The maximum Gasteiger partial charge on any atom is 0.324 e. The van der Waals surface area contributed by atoms with Crippen LogP contribution >= 0.6 is 0 Å². The first-order valence-corrected chi connectivity index (χ1v) is 6.90. The minimum atomic E-state index is -0.382. The van der Waals surface area contributed by atoms with E-state index in [4.69, 9.17) is 4.52 Å². The lowest BCUT2D eigenvalue weighted by Gasteiger charge is -2.12. The fourth-order valence-corrected chi connectivity index (χ4v) is 1.98. The van der Waals surface area contributed by atoms with Gasteiger partial charge < -0.3 is 14.8 Å². The highest BCUT2D eigenvalue weighted by Gasteiger charge is 2.20. The molecule has 2 aromatic heterocycles. The minimum absolute atomic E-state index is 0.158. The van der Waals surface area contributed by atoms with Crippen LogP contribution in [0, 0.1) is 0 Å². The second-order valence-corrected chi connectivity index (χ2v) is 6.04. The van der Waals surface area contributed by atoms with E-state index in [2.05, 4.69) is 25.8 Å². The third kappa shape index (κ3) is 2.93. The molecule has 0 aliphatic heterocycles. The van der Waals surface area contributed by atoms with E-state index in [1.165, 1.54) is 0 Å². The maximum absolute atomic E-state index is 12.0. The molecule has 0 aliphatic rings. The Bertz CT molecular complexity index is 813. The first-order chi connectivity index (χ1) is 10.4. The van der Waals surface area contributed by atoms with Crippen molar-refractivity contribution in [1.82, 2.24) is 15.1 Å². The summed E-state index contributed by atoms with van der Waals surface area (Å²) in [6.07, 6.45) is 1.61. The Hall–Kier alpha value is -2.83. The molecule has 0 radical (unpaired) electrons. The molecule has 0 saturated carbocycles. The summed E-state index contributed by atoms with van der Waals surface area (Å²) in [5.74, 6) is 1.09. The van der Waals surface area contributed by atoms with Gasteiger partial charge in [-0.3, -0.25) is 5.32 Å². The Morgan fingerprint density at radius 1 is 1.23 bits per heavy atom. The molecule has 7 heteroatoms. The summed E-state index contributed by atoms with van der Waals surface area (Å²) < 4.78 is 5.22. The van der Waals surface area contributed by atoms with Crippen molar-refractivity contribution in [2.24, 2.45) is 0 Å². The molecule has 0 spiro atoms. The second-order valence-electron chi connectivity index (χ2n) is 6.04. The number of hydrogen-bond acceptors (Lipinski definition) is 4. The molecule has 2 heterocycles. The van der Waals surface area contributed by atoms with Gasteiger partial charge in [-0.15, -0.1) is 0 Å². The van der Waals surface area contributed by atoms with Gasteiger partial charge in [0.1, 0.15) is 5.76 Å². The number of aromatic amines is 1. The van der Waals surface area contributed by atoms with Crippen LogP contribution in [-0.2, 0) is 5.41 Å². The van der Waals surface area contributed by atoms with Gasteiger partial charge in [0.25, 0.3) is 0 Å². The number of aromatic nitrogens is 3. The zero-order valence-electron chi connectivity index (χ0n) is 12.6. The molecule has 2 amide bonds. The van der Waals surface area contributed by atoms with E-state index in [1.807, 2.05) is 32.9 Å². The number of nitrogens with one attached hydrogen (secondary N) is 3. The molecule has 7 nitrogen and oxygen atoms in total. The van der Waals surface area contributed by atoms with E-state index < -0.39 is 0 Å². The van der Waals surface area contributed by atoms with E-state index in [0.29, 0.717) is 17.3 Å². The molecule has 3 aromatic rings. The van der Waals surface area contributed by atoms with Gasteiger partial charge in [-0.05, 0) is 18.2 Å². The van der Waals surface area contributed by atoms with Gasteiger partial charge >= 0.3 is 6.03 Å². The molecule has 0 saturated heterocycles. The molecule has 0 atom stereocenters. The van der Waals surface area contributed by atoms with E-state index >= 15 is 0 Å². The van der Waals surface area contributed by atoms with Crippen molar-refractivity contribution < 1.29 is 9.32 Å². The summed E-state index contributed by atoms with van der Waals surface area (Å²) in [4.78, 5) is 19.1. The van der Waals surface area contributed by atoms with Crippen LogP contribution in [0.15, 0.2) is 35.1 Å². The number of imidazole rings is 1. The monoisotopic (exact) mass is 299 g/mol. The molecule has 1 aromatic carbocycles. The lowest BCUT2D eigenvalue weighted by atomic mass is 9.93. The number of urea groups is 1. The molecule has 0 bridgehead atoms. The predicted molar refractivity (Wildman–Crippen MR) is 83.9 cm³/mol. The third-order valence-electron chi connectivity index (χ3n) is 3.17. The Morgan fingerprint density at radius 3 is 2.77 bits per heavy atom. The lowest BCUT2D eigenvalue weighted by Crippen LogP contribution is -2.19. The number of amides is 2. The molecule has 3 rings (SSSR count). The normalized spacial score (nSPS) is 11.6. The largest absolute Gasteiger partial charge is 0.359 e. The van der Waals surface area contributed by atoms with Crippen LogP contribution in [0.3, 0.4) is 0 Å².